The highest BCUT2D eigenvalue weighted by atomic mass is 19.2. The minimum atomic E-state index is -2.17. The minimum absolute atomic E-state index is 0.204. The summed E-state index contributed by atoms with van der Waals surface area (Å²) in [6.45, 7) is 2.58. The quantitative estimate of drug-likeness (QED) is 0.434. The molecular weight excluding hydrogens is 377 g/mol. The van der Waals surface area contributed by atoms with Crippen LogP contribution in [0.1, 0.15) is 5.56 Å². The topological polar surface area (TPSA) is 40.2 Å². The lowest BCUT2D eigenvalue weighted by Crippen LogP contribution is -2.32. The predicted molar refractivity (Wildman–Crippen MR) is 84.8 cm³/mol. The molecule has 0 aliphatic carbocycles. The highest BCUT2D eigenvalue weighted by Gasteiger charge is 2.26. The molecule has 1 heterocycles. The Hall–Kier alpha value is -1.33. The SMILES string of the molecule is Fc1c(F)c(F)c(CN2CCOCCOCCOCCOCC2)c(F)c1F. The summed E-state index contributed by atoms with van der Waals surface area (Å²) in [5, 5.41) is 0. The number of hydrogen-bond acceptors (Lipinski definition) is 5. The maximum absolute atomic E-state index is 13.9. The number of nitrogens with zero attached hydrogens (tertiary/aromatic N) is 1. The molecule has 154 valence electrons. The van der Waals surface area contributed by atoms with Crippen molar-refractivity contribution in [2.75, 3.05) is 65.9 Å². The van der Waals surface area contributed by atoms with Gasteiger partial charge in [-0.2, -0.15) is 0 Å². The second-order valence-corrected chi connectivity index (χ2v) is 5.77. The van der Waals surface area contributed by atoms with Crippen molar-refractivity contribution in [3.05, 3.63) is 34.6 Å². The van der Waals surface area contributed by atoms with E-state index in [0.29, 0.717) is 39.6 Å². The Kier molecular flexibility index (Phi) is 9.35. The first kappa shape index (κ1) is 22.0. The summed E-state index contributed by atoms with van der Waals surface area (Å²) in [5.41, 5.74) is -0.879. The first-order valence-electron chi connectivity index (χ1n) is 8.56. The smallest absolute Gasteiger partial charge is 0.200 e. The molecule has 0 aromatic heterocycles. The average Bonchev–Trinajstić information content (AvgIpc) is 2.68. The molecular formula is C17H22F5NO4. The van der Waals surface area contributed by atoms with Crippen LogP contribution in [0.25, 0.3) is 0 Å². The zero-order chi connectivity index (χ0) is 19.6. The number of benzene rings is 1. The predicted octanol–water partition coefficient (Wildman–Crippen LogP) is 2.26. The second-order valence-electron chi connectivity index (χ2n) is 5.77. The Bertz CT molecular complexity index is 560. The summed E-state index contributed by atoms with van der Waals surface area (Å²) >= 11 is 0. The van der Waals surface area contributed by atoms with Gasteiger partial charge in [0.15, 0.2) is 23.3 Å². The van der Waals surface area contributed by atoms with E-state index in [0.717, 1.165) is 0 Å². The number of rotatable bonds is 2. The van der Waals surface area contributed by atoms with Crippen molar-refractivity contribution in [1.29, 1.82) is 0 Å². The van der Waals surface area contributed by atoms with Crippen molar-refractivity contribution >= 4 is 0 Å². The summed E-state index contributed by atoms with van der Waals surface area (Å²) < 4.78 is 89.0. The molecule has 1 aliphatic rings. The van der Waals surface area contributed by atoms with E-state index in [9.17, 15) is 22.0 Å². The van der Waals surface area contributed by atoms with E-state index in [-0.39, 0.29) is 26.3 Å². The summed E-state index contributed by atoms with van der Waals surface area (Å²) in [6, 6.07) is 0. The molecule has 1 aromatic carbocycles. The van der Waals surface area contributed by atoms with Crippen LogP contribution >= 0.6 is 0 Å². The molecule has 0 radical (unpaired) electrons. The van der Waals surface area contributed by atoms with Crippen LogP contribution in [0.2, 0.25) is 0 Å². The van der Waals surface area contributed by atoms with Gasteiger partial charge in [-0.15, -0.1) is 0 Å². The van der Waals surface area contributed by atoms with E-state index in [4.69, 9.17) is 18.9 Å². The Morgan fingerprint density at radius 3 is 1.26 bits per heavy atom. The Balaban J connectivity index is 2.04. The average molecular weight is 399 g/mol. The van der Waals surface area contributed by atoms with Crippen LogP contribution in [0.3, 0.4) is 0 Å². The van der Waals surface area contributed by atoms with Crippen molar-refractivity contribution in [2.24, 2.45) is 0 Å². The molecule has 0 unspecified atom stereocenters. The largest absolute Gasteiger partial charge is 0.378 e. The van der Waals surface area contributed by atoms with Gasteiger partial charge in [0.1, 0.15) is 0 Å². The lowest BCUT2D eigenvalue weighted by Gasteiger charge is -2.23. The van der Waals surface area contributed by atoms with Crippen LogP contribution in [0.4, 0.5) is 22.0 Å². The van der Waals surface area contributed by atoms with Gasteiger partial charge in [0.05, 0.1) is 52.9 Å². The molecule has 10 heteroatoms. The number of ether oxygens (including phenoxy) is 4. The van der Waals surface area contributed by atoms with Gasteiger partial charge in [-0.1, -0.05) is 0 Å². The maximum Gasteiger partial charge on any atom is 0.200 e. The molecule has 0 saturated carbocycles. The zero-order valence-electron chi connectivity index (χ0n) is 14.7. The molecule has 27 heavy (non-hydrogen) atoms. The van der Waals surface area contributed by atoms with Crippen LogP contribution in [0.15, 0.2) is 0 Å². The number of halogens is 5. The molecule has 1 saturated heterocycles. The van der Waals surface area contributed by atoms with Gasteiger partial charge < -0.3 is 18.9 Å². The molecule has 0 spiro atoms. The van der Waals surface area contributed by atoms with Crippen LogP contribution in [0.5, 0.6) is 0 Å². The van der Waals surface area contributed by atoms with Gasteiger partial charge in [-0.05, 0) is 0 Å². The highest BCUT2D eigenvalue weighted by Crippen LogP contribution is 2.24. The van der Waals surface area contributed by atoms with E-state index in [1.54, 1.807) is 0 Å². The summed E-state index contributed by atoms with van der Waals surface area (Å²) in [4.78, 5) is 1.50. The summed E-state index contributed by atoms with van der Waals surface area (Å²) in [5.74, 6) is -9.73. The van der Waals surface area contributed by atoms with Gasteiger partial charge >= 0.3 is 0 Å². The van der Waals surface area contributed by atoms with E-state index in [1.807, 2.05) is 0 Å². The number of hydrogen-bond donors (Lipinski definition) is 0. The molecule has 0 atom stereocenters. The van der Waals surface area contributed by atoms with Crippen molar-refractivity contribution < 1.29 is 40.9 Å². The fourth-order valence-electron chi connectivity index (χ4n) is 2.43. The molecule has 1 aliphatic heterocycles. The Morgan fingerprint density at radius 2 is 0.852 bits per heavy atom. The molecule has 1 fully saturated rings. The summed E-state index contributed by atoms with van der Waals surface area (Å²) in [6.07, 6.45) is 0. The van der Waals surface area contributed by atoms with Gasteiger partial charge in [0.2, 0.25) is 5.82 Å². The fraction of sp³-hybridized carbons (Fsp3) is 0.647. The van der Waals surface area contributed by atoms with Gasteiger partial charge in [-0.3, -0.25) is 4.90 Å². The van der Waals surface area contributed by atoms with Crippen molar-refractivity contribution in [1.82, 2.24) is 4.90 Å². The second kappa shape index (κ2) is 11.5. The minimum Gasteiger partial charge on any atom is -0.378 e. The zero-order valence-corrected chi connectivity index (χ0v) is 14.7. The first-order chi connectivity index (χ1) is 13.0. The van der Waals surface area contributed by atoms with Gasteiger partial charge in [0.25, 0.3) is 0 Å². The monoisotopic (exact) mass is 399 g/mol. The van der Waals surface area contributed by atoms with E-state index >= 15 is 0 Å². The third kappa shape index (κ3) is 6.65. The Labute approximate surface area is 153 Å². The van der Waals surface area contributed by atoms with Crippen molar-refractivity contribution in [3.8, 4) is 0 Å². The lowest BCUT2D eigenvalue weighted by atomic mass is 10.1. The van der Waals surface area contributed by atoms with Crippen LogP contribution in [0, 0.1) is 29.1 Å². The van der Waals surface area contributed by atoms with Gasteiger partial charge in [-0.25, -0.2) is 22.0 Å². The first-order valence-corrected chi connectivity index (χ1v) is 8.56. The van der Waals surface area contributed by atoms with Gasteiger partial charge in [0, 0.05) is 25.2 Å². The normalized spacial score (nSPS) is 19.4. The maximum atomic E-state index is 13.9. The standard InChI is InChI=1S/C17H22F5NO4/c18-13-12(14(19)16(21)17(22)15(13)20)11-23-1-3-24-5-7-26-9-10-27-8-6-25-4-2-23/h1-11H2. The third-order valence-electron chi connectivity index (χ3n) is 3.90. The van der Waals surface area contributed by atoms with Crippen LogP contribution in [-0.2, 0) is 25.5 Å². The molecule has 0 N–H and O–H groups in total. The third-order valence-corrected chi connectivity index (χ3v) is 3.90. The molecule has 1 aromatic rings. The fourth-order valence-corrected chi connectivity index (χ4v) is 2.43. The molecule has 2 rings (SSSR count). The van der Waals surface area contributed by atoms with Crippen molar-refractivity contribution in [3.63, 3.8) is 0 Å². The molecule has 0 amide bonds. The van der Waals surface area contributed by atoms with E-state index < -0.39 is 41.2 Å². The van der Waals surface area contributed by atoms with E-state index in [1.165, 1.54) is 4.90 Å². The van der Waals surface area contributed by atoms with Crippen molar-refractivity contribution in [2.45, 2.75) is 6.54 Å². The van der Waals surface area contributed by atoms with Crippen LogP contribution < -0.4 is 0 Å². The Morgan fingerprint density at radius 1 is 0.519 bits per heavy atom. The summed E-state index contributed by atoms with van der Waals surface area (Å²) in [7, 11) is 0. The van der Waals surface area contributed by atoms with E-state index in [2.05, 4.69) is 0 Å². The highest BCUT2D eigenvalue weighted by molar-refractivity contribution is 5.24. The van der Waals surface area contributed by atoms with Crippen LogP contribution in [-0.4, -0.2) is 70.8 Å². The lowest BCUT2D eigenvalue weighted by molar-refractivity contribution is 0.00206. The molecule has 5 nitrogen and oxygen atoms in total. The molecule has 0 bridgehead atoms.